The maximum absolute atomic E-state index is 11.2. The van der Waals surface area contributed by atoms with E-state index in [0.29, 0.717) is 0 Å². The van der Waals surface area contributed by atoms with Crippen LogP contribution < -0.4 is 4.90 Å². The van der Waals surface area contributed by atoms with Gasteiger partial charge in [-0.15, -0.1) is 0 Å². The van der Waals surface area contributed by atoms with Crippen molar-refractivity contribution in [1.82, 2.24) is 0 Å². The number of nitrogens with zero attached hydrogens (tertiary/aromatic N) is 1. The summed E-state index contributed by atoms with van der Waals surface area (Å²) in [5, 5.41) is 0. The second-order valence-corrected chi connectivity index (χ2v) is 4.76. The van der Waals surface area contributed by atoms with Crippen LogP contribution in [0.25, 0.3) is 0 Å². The highest BCUT2D eigenvalue weighted by Gasteiger charge is 2.09. The molecule has 0 heterocycles. The van der Waals surface area contributed by atoms with Crippen molar-refractivity contribution in [2.45, 2.75) is 20.3 Å². The van der Waals surface area contributed by atoms with Gasteiger partial charge in [-0.05, 0) is 43.2 Å². The summed E-state index contributed by atoms with van der Waals surface area (Å²) in [4.78, 5) is 13.2. The van der Waals surface area contributed by atoms with E-state index in [4.69, 9.17) is 0 Å². The minimum Gasteiger partial charge on any atom is -0.344 e. The van der Waals surface area contributed by atoms with Gasteiger partial charge in [-0.2, -0.15) is 0 Å². The van der Waals surface area contributed by atoms with Crippen LogP contribution in [0.2, 0.25) is 0 Å². The zero-order valence-corrected chi connectivity index (χ0v) is 11.7. The standard InChI is InChI=1S/C17H19NO/c1-4-14-6-8-16(9-7-14)18(3)17-10-5-13(2)11-15(17)12-19/h5-12H,4H2,1-3H3. The molecule has 0 aromatic heterocycles. The third-order valence-corrected chi connectivity index (χ3v) is 3.40. The smallest absolute Gasteiger partial charge is 0.152 e. The van der Waals surface area contributed by atoms with Crippen LogP contribution in [-0.2, 0) is 6.42 Å². The predicted octanol–water partition coefficient (Wildman–Crippen LogP) is 4.14. The molecule has 2 aromatic rings. The van der Waals surface area contributed by atoms with E-state index in [1.165, 1.54) is 5.56 Å². The van der Waals surface area contributed by atoms with Gasteiger partial charge in [-0.1, -0.05) is 30.7 Å². The fourth-order valence-corrected chi connectivity index (χ4v) is 2.17. The molecule has 0 saturated heterocycles. The molecule has 0 aliphatic rings. The van der Waals surface area contributed by atoms with Gasteiger partial charge in [0.25, 0.3) is 0 Å². The number of carbonyl (C=O) groups is 1. The fraction of sp³-hybridized carbons (Fsp3) is 0.235. The minimum absolute atomic E-state index is 0.724. The molecule has 0 aliphatic carbocycles. The van der Waals surface area contributed by atoms with Gasteiger partial charge >= 0.3 is 0 Å². The molecule has 98 valence electrons. The van der Waals surface area contributed by atoms with Gasteiger partial charge in [0.2, 0.25) is 0 Å². The summed E-state index contributed by atoms with van der Waals surface area (Å²) >= 11 is 0. The Morgan fingerprint density at radius 1 is 1.11 bits per heavy atom. The average molecular weight is 253 g/mol. The number of benzene rings is 2. The summed E-state index contributed by atoms with van der Waals surface area (Å²) in [6.45, 7) is 4.13. The molecule has 0 atom stereocenters. The van der Waals surface area contributed by atoms with Crippen molar-refractivity contribution < 1.29 is 4.79 Å². The first-order chi connectivity index (χ1) is 9.15. The number of rotatable bonds is 4. The Labute approximate surface area is 114 Å². The molecule has 0 amide bonds. The molecular formula is C17H19NO. The van der Waals surface area contributed by atoms with E-state index >= 15 is 0 Å². The maximum Gasteiger partial charge on any atom is 0.152 e. The van der Waals surface area contributed by atoms with Crippen LogP contribution in [0.4, 0.5) is 11.4 Å². The Morgan fingerprint density at radius 3 is 2.37 bits per heavy atom. The Hall–Kier alpha value is -2.09. The first kappa shape index (κ1) is 13.3. The van der Waals surface area contributed by atoms with Crippen molar-refractivity contribution in [3.05, 3.63) is 59.2 Å². The number of aldehydes is 1. The van der Waals surface area contributed by atoms with Crippen molar-refractivity contribution in [2.75, 3.05) is 11.9 Å². The second kappa shape index (κ2) is 5.70. The van der Waals surface area contributed by atoms with Crippen LogP contribution in [0.3, 0.4) is 0 Å². The van der Waals surface area contributed by atoms with Gasteiger partial charge in [0, 0.05) is 18.3 Å². The van der Waals surface area contributed by atoms with Crippen molar-refractivity contribution in [1.29, 1.82) is 0 Å². The molecule has 0 radical (unpaired) electrons. The monoisotopic (exact) mass is 253 g/mol. The van der Waals surface area contributed by atoms with Gasteiger partial charge in [-0.3, -0.25) is 4.79 Å². The maximum atomic E-state index is 11.2. The van der Waals surface area contributed by atoms with Crippen LogP contribution in [0.5, 0.6) is 0 Å². The summed E-state index contributed by atoms with van der Waals surface area (Å²) in [7, 11) is 1.98. The van der Waals surface area contributed by atoms with E-state index < -0.39 is 0 Å². The molecule has 0 spiro atoms. The summed E-state index contributed by atoms with van der Waals surface area (Å²) in [6.07, 6.45) is 1.95. The number of hydrogen-bond donors (Lipinski definition) is 0. The zero-order valence-electron chi connectivity index (χ0n) is 11.7. The molecule has 2 rings (SSSR count). The van der Waals surface area contributed by atoms with Crippen molar-refractivity contribution >= 4 is 17.7 Å². The van der Waals surface area contributed by atoms with E-state index in [9.17, 15) is 4.79 Å². The van der Waals surface area contributed by atoms with Crippen LogP contribution in [0.1, 0.15) is 28.4 Å². The van der Waals surface area contributed by atoms with E-state index in [2.05, 4.69) is 31.2 Å². The lowest BCUT2D eigenvalue weighted by Crippen LogP contribution is -2.11. The number of carbonyl (C=O) groups excluding carboxylic acids is 1. The van der Waals surface area contributed by atoms with E-state index in [1.807, 2.05) is 37.1 Å². The molecule has 2 heteroatoms. The van der Waals surface area contributed by atoms with E-state index in [0.717, 1.165) is 35.2 Å². The Morgan fingerprint density at radius 2 is 1.79 bits per heavy atom. The SMILES string of the molecule is CCc1ccc(N(C)c2ccc(C)cc2C=O)cc1. The van der Waals surface area contributed by atoms with Gasteiger partial charge in [0.1, 0.15) is 0 Å². The van der Waals surface area contributed by atoms with E-state index in [1.54, 1.807) is 0 Å². The molecule has 2 nitrogen and oxygen atoms in total. The van der Waals surface area contributed by atoms with E-state index in [-0.39, 0.29) is 0 Å². The molecule has 0 unspecified atom stereocenters. The average Bonchev–Trinajstić information content (AvgIpc) is 2.46. The second-order valence-electron chi connectivity index (χ2n) is 4.76. The summed E-state index contributed by atoms with van der Waals surface area (Å²) < 4.78 is 0. The van der Waals surface area contributed by atoms with Crippen LogP contribution in [-0.4, -0.2) is 13.3 Å². The summed E-state index contributed by atoms with van der Waals surface area (Å²) in [5.41, 5.74) is 5.16. The highest BCUT2D eigenvalue weighted by atomic mass is 16.1. The molecule has 0 N–H and O–H groups in total. The lowest BCUT2D eigenvalue weighted by Gasteiger charge is -2.21. The molecule has 0 bridgehead atoms. The van der Waals surface area contributed by atoms with Crippen LogP contribution in [0.15, 0.2) is 42.5 Å². The number of anilines is 2. The Kier molecular flexibility index (Phi) is 4.00. The normalized spacial score (nSPS) is 10.3. The van der Waals surface area contributed by atoms with Crippen LogP contribution in [0, 0.1) is 6.92 Å². The quantitative estimate of drug-likeness (QED) is 0.763. The first-order valence-electron chi connectivity index (χ1n) is 6.54. The van der Waals surface area contributed by atoms with Gasteiger partial charge in [0.05, 0.1) is 5.69 Å². The lowest BCUT2D eigenvalue weighted by molar-refractivity contribution is 0.112. The highest BCUT2D eigenvalue weighted by molar-refractivity contribution is 5.87. The molecule has 19 heavy (non-hydrogen) atoms. The predicted molar refractivity (Wildman–Crippen MR) is 80.4 cm³/mol. The summed E-state index contributed by atoms with van der Waals surface area (Å²) in [6, 6.07) is 14.4. The molecular weight excluding hydrogens is 234 g/mol. The van der Waals surface area contributed by atoms with Gasteiger partial charge in [-0.25, -0.2) is 0 Å². The number of hydrogen-bond acceptors (Lipinski definition) is 2. The molecule has 0 saturated carbocycles. The summed E-state index contributed by atoms with van der Waals surface area (Å²) in [5.74, 6) is 0. The molecule has 0 fully saturated rings. The minimum atomic E-state index is 0.724. The van der Waals surface area contributed by atoms with Crippen molar-refractivity contribution in [3.63, 3.8) is 0 Å². The van der Waals surface area contributed by atoms with Gasteiger partial charge < -0.3 is 4.90 Å². The topological polar surface area (TPSA) is 20.3 Å². The first-order valence-corrected chi connectivity index (χ1v) is 6.54. The highest BCUT2D eigenvalue weighted by Crippen LogP contribution is 2.27. The number of aryl methyl sites for hydroxylation is 2. The van der Waals surface area contributed by atoms with Crippen LogP contribution >= 0.6 is 0 Å². The third kappa shape index (κ3) is 2.84. The zero-order chi connectivity index (χ0) is 13.8. The Bertz CT molecular complexity index is 572. The fourth-order valence-electron chi connectivity index (χ4n) is 2.17. The Balaban J connectivity index is 2.37. The third-order valence-electron chi connectivity index (χ3n) is 3.40. The largest absolute Gasteiger partial charge is 0.344 e. The van der Waals surface area contributed by atoms with Crippen molar-refractivity contribution in [3.8, 4) is 0 Å². The van der Waals surface area contributed by atoms with Gasteiger partial charge in [0.15, 0.2) is 6.29 Å². The van der Waals surface area contributed by atoms with Crippen molar-refractivity contribution in [2.24, 2.45) is 0 Å². The lowest BCUT2D eigenvalue weighted by atomic mass is 10.1. The molecule has 2 aromatic carbocycles. The molecule has 0 aliphatic heterocycles.